The van der Waals surface area contributed by atoms with Gasteiger partial charge in [0.2, 0.25) is 0 Å². The van der Waals surface area contributed by atoms with Crippen molar-refractivity contribution in [1.82, 2.24) is 9.97 Å². The second-order valence-corrected chi connectivity index (χ2v) is 11.9. The molecule has 0 aliphatic heterocycles. The summed E-state index contributed by atoms with van der Waals surface area (Å²) in [7, 11) is 0. The summed E-state index contributed by atoms with van der Waals surface area (Å²) in [6.07, 6.45) is 1.71. The molecule has 6 N–H and O–H groups in total. The summed E-state index contributed by atoms with van der Waals surface area (Å²) in [5, 5.41) is 4.17. The molecule has 6 aromatic rings. The van der Waals surface area contributed by atoms with Gasteiger partial charge in [0, 0.05) is 55.0 Å². The highest BCUT2D eigenvalue weighted by Gasteiger charge is 2.37. The maximum Gasteiger partial charge on any atom is 0.318 e. The molecule has 0 radical (unpaired) electrons. The van der Waals surface area contributed by atoms with Gasteiger partial charge in [-0.3, -0.25) is 9.59 Å². The van der Waals surface area contributed by atoms with Gasteiger partial charge in [0.1, 0.15) is 17.6 Å². The highest BCUT2D eigenvalue weighted by molar-refractivity contribution is 6.09. The first kappa shape index (κ1) is 30.1. The first-order valence-corrected chi connectivity index (χ1v) is 15.7. The van der Waals surface area contributed by atoms with Crippen molar-refractivity contribution in [2.45, 2.75) is 71.0 Å². The summed E-state index contributed by atoms with van der Waals surface area (Å²) >= 11 is 0. The van der Waals surface area contributed by atoms with E-state index < -0.39 is 29.6 Å². The van der Waals surface area contributed by atoms with Crippen molar-refractivity contribution in [1.29, 1.82) is 0 Å². The Balaban J connectivity index is 1.22. The highest BCUT2D eigenvalue weighted by atomic mass is 16.6. The number of aromatic nitrogens is 2. The van der Waals surface area contributed by atoms with Crippen LogP contribution in [0.5, 0.6) is 0 Å². The minimum Gasteiger partial charge on any atom is -0.454 e. The Morgan fingerprint density at radius 2 is 0.956 bits per heavy atom. The normalized spacial score (nSPS) is 12.4. The van der Waals surface area contributed by atoms with Crippen molar-refractivity contribution in [3.63, 3.8) is 0 Å². The number of carbonyl (C=O) groups excluding carboxylic acids is 2. The van der Waals surface area contributed by atoms with E-state index in [4.69, 9.17) is 20.9 Å². The molecule has 232 valence electrons. The fourth-order valence-corrected chi connectivity index (χ4v) is 6.76. The number of nitrogens with one attached hydrogen (secondary N) is 2. The van der Waals surface area contributed by atoms with E-state index in [1.165, 1.54) is 0 Å². The Kier molecular flexibility index (Phi) is 7.69. The lowest BCUT2D eigenvalue weighted by Gasteiger charge is -2.34. The fraction of sp³-hybridized carbons (Fsp3) is 0.297. The zero-order valence-corrected chi connectivity index (χ0v) is 26.3. The molecular weight excluding hydrogens is 564 g/mol. The van der Waals surface area contributed by atoms with E-state index >= 15 is 0 Å². The van der Waals surface area contributed by atoms with Crippen LogP contribution in [-0.4, -0.2) is 21.9 Å². The molecule has 0 unspecified atom stereocenters. The van der Waals surface area contributed by atoms with E-state index in [-0.39, 0.29) is 0 Å². The predicted octanol–water partition coefficient (Wildman–Crippen LogP) is 8.33. The number of nitrogens with two attached hydrogens (primary N) is 2. The molecule has 0 saturated carbocycles. The number of fused-ring (bicyclic) bond motifs is 6. The smallest absolute Gasteiger partial charge is 0.318 e. The molecule has 2 heterocycles. The molecule has 6 rings (SSSR count). The quantitative estimate of drug-likeness (QED) is 0.0705. The molecule has 0 spiro atoms. The predicted molar refractivity (Wildman–Crippen MR) is 182 cm³/mol. The molecule has 0 bridgehead atoms. The minimum atomic E-state index is -0.890. The van der Waals surface area contributed by atoms with Crippen LogP contribution in [0.2, 0.25) is 0 Å². The molecule has 8 heteroatoms. The van der Waals surface area contributed by atoms with Crippen LogP contribution in [0.4, 0.5) is 11.4 Å². The van der Waals surface area contributed by atoms with Crippen LogP contribution in [0, 0.1) is 0 Å². The zero-order valence-electron chi connectivity index (χ0n) is 26.3. The van der Waals surface area contributed by atoms with Gasteiger partial charge in [-0.2, -0.15) is 0 Å². The average Bonchev–Trinajstić information content (AvgIpc) is 3.59. The van der Waals surface area contributed by atoms with Gasteiger partial charge < -0.3 is 30.9 Å². The maximum absolute atomic E-state index is 13.3. The highest BCUT2D eigenvalue weighted by Crippen LogP contribution is 2.39. The molecule has 45 heavy (non-hydrogen) atoms. The van der Waals surface area contributed by atoms with Gasteiger partial charge in [0.05, 0.1) is 0 Å². The summed E-state index contributed by atoms with van der Waals surface area (Å²) in [5.41, 5.74) is 17.2. The number of hydrogen-bond donors (Lipinski definition) is 4. The Morgan fingerprint density at radius 1 is 0.556 bits per heavy atom. The molecule has 0 fully saturated rings. The second-order valence-electron chi connectivity index (χ2n) is 11.9. The summed E-state index contributed by atoms with van der Waals surface area (Å²) in [5.74, 6) is -1.23. The van der Waals surface area contributed by atoms with E-state index in [0.29, 0.717) is 37.1 Å². The van der Waals surface area contributed by atoms with Crippen molar-refractivity contribution in [3.05, 3.63) is 83.9 Å². The molecule has 0 atom stereocenters. The van der Waals surface area contributed by atoms with Gasteiger partial charge in [-0.25, -0.2) is 0 Å². The van der Waals surface area contributed by atoms with Crippen LogP contribution in [0.1, 0.15) is 70.9 Å². The van der Waals surface area contributed by atoms with Crippen molar-refractivity contribution in [2.75, 3.05) is 11.5 Å². The zero-order chi connectivity index (χ0) is 31.9. The molecule has 0 aliphatic carbocycles. The molecule has 2 aromatic heterocycles. The van der Waals surface area contributed by atoms with E-state index in [0.717, 1.165) is 54.7 Å². The molecular formula is C37H40N4O4. The third-order valence-electron chi connectivity index (χ3n) is 9.49. The number of esters is 2. The average molecular weight is 605 g/mol. The number of ether oxygens (including phenoxy) is 2. The standard InChI is InChI=1S/C37H40N4O4/c1-5-36(6-2,22-9-13-26-28-19-24(38)11-15-30(28)40-32(26)17-22)44-34(42)21-35(43)45-37(7-3,8-4)23-10-14-27-29-20-25(39)12-16-31(29)41-33(27)18-23/h9-20,40-41H,5-8,21,38-39H2,1-4H3. The number of aromatic amines is 2. The van der Waals surface area contributed by atoms with E-state index in [1.54, 1.807) is 0 Å². The van der Waals surface area contributed by atoms with Crippen LogP contribution >= 0.6 is 0 Å². The number of anilines is 2. The summed E-state index contributed by atoms with van der Waals surface area (Å²) in [4.78, 5) is 33.6. The lowest BCUT2D eigenvalue weighted by Crippen LogP contribution is -2.35. The Labute approximate surface area is 262 Å². The molecule has 0 amide bonds. The third kappa shape index (κ3) is 5.24. The van der Waals surface area contributed by atoms with E-state index in [9.17, 15) is 9.59 Å². The number of rotatable bonds is 10. The van der Waals surface area contributed by atoms with Gasteiger partial charge in [0.25, 0.3) is 0 Å². The largest absolute Gasteiger partial charge is 0.454 e. The number of nitrogen functional groups attached to an aromatic ring is 2. The number of H-pyrrole nitrogens is 2. The summed E-state index contributed by atoms with van der Waals surface area (Å²) in [6, 6.07) is 23.7. The lowest BCUT2D eigenvalue weighted by atomic mass is 9.87. The van der Waals surface area contributed by atoms with Gasteiger partial charge in [-0.05, 0) is 85.3 Å². The molecule has 0 saturated heterocycles. The van der Waals surface area contributed by atoms with Crippen LogP contribution in [0.15, 0.2) is 72.8 Å². The Bertz CT molecular complexity index is 1920. The van der Waals surface area contributed by atoms with Crippen LogP contribution in [0.25, 0.3) is 43.6 Å². The van der Waals surface area contributed by atoms with Crippen molar-refractivity contribution < 1.29 is 19.1 Å². The fourth-order valence-electron chi connectivity index (χ4n) is 6.76. The maximum atomic E-state index is 13.3. The first-order valence-electron chi connectivity index (χ1n) is 15.7. The van der Waals surface area contributed by atoms with Crippen molar-refractivity contribution in [3.8, 4) is 0 Å². The minimum absolute atomic E-state index is 0.481. The third-order valence-corrected chi connectivity index (χ3v) is 9.49. The molecule has 0 aliphatic rings. The summed E-state index contributed by atoms with van der Waals surface area (Å²) < 4.78 is 12.3. The second kappa shape index (κ2) is 11.5. The van der Waals surface area contributed by atoms with Crippen molar-refractivity contribution in [2.24, 2.45) is 0 Å². The summed E-state index contributed by atoms with van der Waals surface area (Å²) in [6.45, 7) is 7.94. The van der Waals surface area contributed by atoms with E-state index in [2.05, 4.69) is 9.97 Å². The number of benzene rings is 4. The first-order chi connectivity index (χ1) is 21.6. The van der Waals surface area contributed by atoms with Crippen LogP contribution < -0.4 is 11.5 Å². The Hall–Kier alpha value is -4.98. The Morgan fingerprint density at radius 3 is 1.33 bits per heavy atom. The van der Waals surface area contributed by atoms with Crippen LogP contribution in [0.3, 0.4) is 0 Å². The molecule has 8 nitrogen and oxygen atoms in total. The van der Waals surface area contributed by atoms with Crippen LogP contribution in [-0.2, 0) is 30.3 Å². The van der Waals surface area contributed by atoms with Gasteiger partial charge in [-0.1, -0.05) is 52.0 Å². The van der Waals surface area contributed by atoms with Crippen molar-refractivity contribution >= 4 is 66.9 Å². The number of carbonyl (C=O) groups is 2. The van der Waals surface area contributed by atoms with Gasteiger partial charge in [-0.15, -0.1) is 0 Å². The molecule has 4 aromatic carbocycles. The van der Waals surface area contributed by atoms with E-state index in [1.807, 2.05) is 100 Å². The SMILES string of the molecule is CCC(CC)(OC(=O)CC(=O)OC(CC)(CC)c1ccc2c(c1)[nH]c1ccc(N)cc12)c1ccc2c(c1)[nH]c1ccc(N)cc12. The topological polar surface area (TPSA) is 136 Å². The number of hydrogen-bond acceptors (Lipinski definition) is 6. The van der Waals surface area contributed by atoms with Gasteiger partial charge >= 0.3 is 11.9 Å². The lowest BCUT2D eigenvalue weighted by molar-refractivity contribution is -0.174. The monoisotopic (exact) mass is 604 g/mol. The van der Waals surface area contributed by atoms with Gasteiger partial charge in [0.15, 0.2) is 0 Å².